The Hall–Kier alpha value is -3.95. The number of carbonyl (C=O) groups is 2. The molecule has 0 saturated heterocycles. The Kier molecular flexibility index (Phi) is 9.07. The van der Waals surface area contributed by atoms with Crippen molar-refractivity contribution >= 4 is 44.5 Å². The third-order valence-corrected chi connectivity index (χ3v) is 8.89. The lowest BCUT2D eigenvalue weighted by Gasteiger charge is -2.19. The van der Waals surface area contributed by atoms with Gasteiger partial charge in [0.1, 0.15) is 0 Å². The maximum atomic E-state index is 13.3. The lowest BCUT2D eigenvalue weighted by molar-refractivity contribution is -0.110. The van der Waals surface area contributed by atoms with Crippen molar-refractivity contribution in [3.63, 3.8) is 0 Å². The fourth-order valence-corrected chi connectivity index (χ4v) is 5.89. The summed E-state index contributed by atoms with van der Waals surface area (Å²) in [5.74, 6) is -0.372. The van der Waals surface area contributed by atoms with Crippen molar-refractivity contribution in [2.24, 2.45) is 0 Å². The number of nitrogens with zero attached hydrogens (tertiary/aromatic N) is 2. The van der Waals surface area contributed by atoms with Gasteiger partial charge in [-0.2, -0.15) is 0 Å². The minimum Gasteiger partial charge on any atom is -0.354 e. The van der Waals surface area contributed by atoms with E-state index in [4.69, 9.17) is 0 Å². The van der Waals surface area contributed by atoms with Gasteiger partial charge < -0.3 is 15.5 Å². The van der Waals surface area contributed by atoms with Crippen LogP contribution in [0.4, 0.5) is 11.4 Å². The minimum absolute atomic E-state index is 0.0417. The lowest BCUT2D eigenvalue weighted by atomic mass is 10.00. The lowest BCUT2D eigenvalue weighted by Crippen LogP contribution is -2.30. The predicted molar refractivity (Wildman–Crippen MR) is 160 cm³/mol. The Morgan fingerprint density at radius 2 is 1.57 bits per heavy atom. The second-order valence-electron chi connectivity index (χ2n) is 9.64. The van der Waals surface area contributed by atoms with Crippen LogP contribution in [0.1, 0.15) is 55.1 Å². The molecule has 1 aliphatic heterocycles. The van der Waals surface area contributed by atoms with Gasteiger partial charge in [-0.1, -0.05) is 43.7 Å². The first-order valence-electron chi connectivity index (χ1n) is 13.6. The highest BCUT2D eigenvalue weighted by Gasteiger charge is 2.31. The zero-order chi connectivity index (χ0) is 28.9. The number of fused-ring (bicyclic) bond motifs is 1. The van der Waals surface area contributed by atoms with E-state index in [1.807, 2.05) is 51.1 Å². The van der Waals surface area contributed by atoms with Gasteiger partial charge in [-0.15, -0.1) is 0 Å². The van der Waals surface area contributed by atoms with Gasteiger partial charge in [-0.25, -0.2) is 12.7 Å². The summed E-state index contributed by atoms with van der Waals surface area (Å²) in [6, 6.07) is 21.3. The highest BCUT2D eigenvalue weighted by atomic mass is 32.2. The molecule has 0 unspecified atom stereocenters. The van der Waals surface area contributed by atoms with Crippen LogP contribution in [0.5, 0.6) is 0 Å². The van der Waals surface area contributed by atoms with E-state index in [1.165, 1.54) is 10.4 Å². The number of hydrogen-bond donors (Lipinski definition) is 2. The molecule has 0 aliphatic carbocycles. The van der Waals surface area contributed by atoms with E-state index in [1.54, 1.807) is 48.3 Å². The molecule has 0 bridgehead atoms. The largest absolute Gasteiger partial charge is 0.354 e. The Labute approximate surface area is 236 Å². The first kappa shape index (κ1) is 29.0. The van der Waals surface area contributed by atoms with E-state index in [2.05, 4.69) is 10.6 Å². The molecule has 0 aromatic heterocycles. The summed E-state index contributed by atoms with van der Waals surface area (Å²) in [7, 11) is -2.16. The topological polar surface area (TPSA) is 98.8 Å². The highest BCUT2D eigenvalue weighted by Crippen LogP contribution is 2.39. The van der Waals surface area contributed by atoms with E-state index in [0.717, 1.165) is 18.4 Å². The molecule has 0 saturated carbocycles. The summed E-state index contributed by atoms with van der Waals surface area (Å²) in [5.41, 5.74) is 3.96. The van der Waals surface area contributed by atoms with Crippen LogP contribution in [0.15, 0.2) is 77.7 Å². The third-order valence-electron chi connectivity index (χ3n) is 7.03. The molecule has 0 radical (unpaired) electrons. The summed E-state index contributed by atoms with van der Waals surface area (Å²) < 4.78 is 27.9. The molecular weight excluding hydrogens is 524 g/mol. The normalized spacial score (nSPS) is 14.1. The second kappa shape index (κ2) is 12.5. The zero-order valence-electron chi connectivity index (χ0n) is 23.4. The van der Waals surface area contributed by atoms with Crippen molar-refractivity contribution in [3.8, 4) is 0 Å². The first-order chi connectivity index (χ1) is 19.2. The number of nitrogens with one attached hydrogen (secondary N) is 2. The van der Waals surface area contributed by atoms with Crippen LogP contribution in [-0.4, -0.2) is 56.1 Å². The molecular formula is C31H36N4O4S. The second-order valence-corrected chi connectivity index (χ2v) is 11.7. The SMILES string of the molecule is CCCCN(C)S(=O)(=O)c1ccc2c(c1)/C(=C(/Nc1ccc(C(=O)N(CC)CC)cc1)c1ccccc1)C(=O)N2. The van der Waals surface area contributed by atoms with Crippen molar-refractivity contribution in [1.82, 2.24) is 9.21 Å². The Morgan fingerprint density at radius 1 is 0.900 bits per heavy atom. The standard InChI is InChI=1S/C31H36N4O4S/c1-5-8-20-34(4)40(38,39)25-18-19-27-26(21-25)28(30(36)33-27)29(22-12-10-9-11-13-22)32-24-16-14-23(15-17-24)31(37)35(6-2)7-3/h9-19,21,32H,5-8,20H2,1-4H3,(H,33,36)/b29-28-. The average molecular weight is 561 g/mol. The average Bonchev–Trinajstić information content (AvgIpc) is 3.30. The van der Waals surface area contributed by atoms with Gasteiger partial charge in [0.2, 0.25) is 10.0 Å². The van der Waals surface area contributed by atoms with Crippen molar-refractivity contribution in [1.29, 1.82) is 0 Å². The zero-order valence-corrected chi connectivity index (χ0v) is 24.2. The number of carbonyl (C=O) groups excluding carboxylic acids is 2. The maximum absolute atomic E-state index is 13.3. The number of sulfonamides is 1. The Morgan fingerprint density at radius 3 is 2.20 bits per heavy atom. The van der Waals surface area contributed by atoms with Crippen LogP contribution in [0.25, 0.3) is 11.3 Å². The van der Waals surface area contributed by atoms with Crippen molar-refractivity contribution in [2.75, 3.05) is 37.3 Å². The Bertz CT molecular complexity index is 1510. The van der Waals surface area contributed by atoms with Crippen LogP contribution in [0, 0.1) is 0 Å². The molecule has 3 aromatic rings. The summed E-state index contributed by atoms with van der Waals surface area (Å²) >= 11 is 0. The van der Waals surface area contributed by atoms with Crippen molar-refractivity contribution < 1.29 is 18.0 Å². The number of rotatable bonds is 11. The quantitative estimate of drug-likeness (QED) is 0.301. The number of amides is 2. The highest BCUT2D eigenvalue weighted by molar-refractivity contribution is 7.89. The molecule has 40 heavy (non-hydrogen) atoms. The van der Waals surface area contributed by atoms with Crippen LogP contribution in [-0.2, 0) is 14.8 Å². The van der Waals surface area contributed by atoms with Gasteiger partial charge in [0, 0.05) is 49.2 Å². The number of anilines is 2. The number of benzene rings is 3. The fourth-order valence-electron chi connectivity index (χ4n) is 4.65. The minimum atomic E-state index is -3.73. The molecule has 0 atom stereocenters. The molecule has 210 valence electrons. The molecule has 8 nitrogen and oxygen atoms in total. The van der Waals surface area contributed by atoms with Gasteiger partial charge in [-0.05, 0) is 68.3 Å². The van der Waals surface area contributed by atoms with E-state index < -0.39 is 10.0 Å². The van der Waals surface area contributed by atoms with Gasteiger partial charge >= 0.3 is 0 Å². The summed E-state index contributed by atoms with van der Waals surface area (Å²) in [6.45, 7) is 7.57. The summed E-state index contributed by atoms with van der Waals surface area (Å²) in [5, 5.41) is 6.25. The molecule has 3 aromatic carbocycles. The predicted octanol–water partition coefficient (Wildman–Crippen LogP) is 5.52. The van der Waals surface area contributed by atoms with Crippen LogP contribution < -0.4 is 10.6 Å². The monoisotopic (exact) mass is 560 g/mol. The molecule has 2 N–H and O–H groups in total. The van der Waals surface area contributed by atoms with Gasteiger partial charge in [0.15, 0.2) is 0 Å². The van der Waals surface area contributed by atoms with Crippen LogP contribution in [0.2, 0.25) is 0 Å². The molecule has 0 spiro atoms. The van der Waals surface area contributed by atoms with E-state index >= 15 is 0 Å². The van der Waals surface area contributed by atoms with Crippen LogP contribution in [0.3, 0.4) is 0 Å². The van der Waals surface area contributed by atoms with Gasteiger partial charge in [-0.3, -0.25) is 9.59 Å². The fraction of sp³-hybridized carbons (Fsp3) is 0.290. The van der Waals surface area contributed by atoms with E-state index in [-0.39, 0.29) is 16.7 Å². The summed E-state index contributed by atoms with van der Waals surface area (Å²) in [6.07, 6.45) is 1.64. The maximum Gasteiger partial charge on any atom is 0.258 e. The van der Waals surface area contributed by atoms with Crippen LogP contribution >= 0.6 is 0 Å². The van der Waals surface area contributed by atoms with Gasteiger partial charge in [0.05, 0.1) is 16.2 Å². The third kappa shape index (κ3) is 5.95. The van der Waals surface area contributed by atoms with Crippen molar-refractivity contribution in [2.45, 2.75) is 38.5 Å². The molecule has 9 heteroatoms. The molecule has 2 amide bonds. The van der Waals surface area contributed by atoms with Gasteiger partial charge in [0.25, 0.3) is 11.8 Å². The summed E-state index contributed by atoms with van der Waals surface area (Å²) in [4.78, 5) is 28.0. The molecule has 1 heterocycles. The van der Waals surface area contributed by atoms with E-state index in [9.17, 15) is 18.0 Å². The Balaban J connectivity index is 1.78. The number of hydrogen-bond acceptors (Lipinski definition) is 5. The number of unbranched alkanes of at least 4 members (excludes halogenated alkanes) is 1. The van der Waals surface area contributed by atoms with Crippen molar-refractivity contribution in [3.05, 3.63) is 89.5 Å². The first-order valence-corrected chi connectivity index (χ1v) is 15.0. The van der Waals surface area contributed by atoms with E-state index in [0.29, 0.717) is 53.4 Å². The molecule has 1 aliphatic rings. The molecule has 0 fully saturated rings. The smallest absolute Gasteiger partial charge is 0.258 e. The molecule has 4 rings (SSSR count).